The van der Waals surface area contributed by atoms with Gasteiger partial charge in [0.05, 0.1) is 5.69 Å². The van der Waals surface area contributed by atoms with Crippen LogP contribution in [0.2, 0.25) is 0 Å². The lowest BCUT2D eigenvalue weighted by atomic mass is 9.88. The molecule has 1 N–H and O–H groups in total. The Bertz CT molecular complexity index is 1120. The molecule has 0 aromatic heterocycles. The maximum Gasteiger partial charge on any atom is 0.150 e. The number of hydrogen-bond donors (Lipinski definition) is 1. The minimum Gasteiger partial charge on any atom is -0.400 e. The van der Waals surface area contributed by atoms with Gasteiger partial charge in [-0.1, -0.05) is 99.4 Å². The molecule has 2 atom stereocenters. The summed E-state index contributed by atoms with van der Waals surface area (Å²) in [6.07, 6.45) is 6.05. The number of rotatable bonds is 11. The summed E-state index contributed by atoms with van der Waals surface area (Å²) in [5.74, 6) is 0.834. The van der Waals surface area contributed by atoms with Gasteiger partial charge in [0.15, 0.2) is 0 Å². The van der Waals surface area contributed by atoms with Gasteiger partial charge in [0.1, 0.15) is 6.29 Å². The molecular formula is C34H46BrNO2. The van der Waals surface area contributed by atoms with Gasteiger partial charge in [-0.2, -0.15) is 0 Å². The largest absolute Gasteiger partial charge is 0.400 e. The summed E-state index contributed by atoms with van der Waals surface area (Å²) < 4.78 is 1.09. The standard InChI is InChI=1S/C31H36BrNO.C2H6.CH4O/c1-5-8-22(2)30-9-6-7-10-31(30)33-24(4)19-23(3)29-18-14-26(21-34)20-27(29)15-11-25-12-16-28(32)17-13-25;2*1-2/h6-7,9-10,12-14,16-18,20-23H,5,8,11,15,19H2,1-4H3;1-2H3;2H,1H3. The van der Waals surface area contributed by atoms with Crippen molar-refractivity contribution >= 4 is 33.6 Å². The Balaban J connectivity index is 0.00000172. The first-order valence-corrected chi connectivity index (χ1v) is 14.6. The molecule has 0 saturated carbocycles. The Morgan fingerprint density at radius 3 is 2.21 bits per heavy atom. The molecule has 0 saturated heterocycles. The zero-order chi connectivity index (χ0) is 28.5. The van der Waals surface area contributed by atoms with Gasteiger partial charge < -0.3 is 5.11 Å². The van der Waals surface area contributed by atoms with Crippen molar-refractivity contribution in [2.75, 3.05) is 7.11 Å². The van der Waals surface area contributed by atoms with Crippen LogP contribution in [-0.2, 0) is 12.8 Å². The second kappa shape index (κ2) is 18.7. The number of para-hydroxylation sites is 1. The number of halogens is 1. The average Bonchev–Trinajstić information content (AvgIpc) is 2.95. The normalized spacial score (nSPS) is 12.4. The molecule has 0 amide bonds. The Labute approximate surface area is 239 Å². The van der Waals surface area contributed by atoms with Crippen LogP contribution in [0.25, 0.3) is 0 Å². The lowest BCUT2D eigenvalue weighted by molar-refractivity contribution is 0.112. The Hall–Kier alpha value is -2.56. The molecule has 206 valence electrons. The predicted molar refractivity (Wildman–Crippen MR) is 168 cm³/mol. The zero-order valence-electron chi connectivity index (χ0n) is 24.3. The Morgan fingerprint density at radius 2 is 1.58 bits per heavy atom. The molecule has 0 aliphatic carbocycles. The lowest BCUT2D eigenvalue weighted by Crippen LogP contribution is -2.06. The number of aldehydes is 1. The van der Waals surface area contributed by atoms with Crippen molar-refractivity contribution < 1.29 is 9.90 Å². The van der Waals surface area contributed by atoms with Gasteiger partial charge in [-0.15, -0.1) is 0 Å². The highest BCUT2D eigenvalue weighted by Crippen LogP contribution is 2.31. The van der Waals surface area contributed by atoms with E-state index in [1.54, 1.807) is 0 Å². The van der Waals surface area contributed by atoms with E-state index in [9.17, 15) is 4.79 Å². The van der Waals surface area contributed by atoms with Crippen LogP contribution < -0.4 is 0 Å². The highest BCUT2D eigenvalue weighted by Gasteiger charge is 2.14. The van der Waals surface area contributed by atoms with Crippen LogP contribution in [0.15, 0.2) is 76.2 Å². The number of aliphatic hydroxyl groups is 1. The highest BCUT2D eigenvalue weighted by molar-refractivity contribution is 9.10. The molecule has 3 rings (SSSR count). The predicted octanol–water partition coefficient (Wildman–Crippen LogP) is 9.87. The number of aryl methyl sites for hydroxylation is 2. The number of benzene rings is 3. The van der Waals surface area contributed by atoms with Crippen molar-refractivity contribution in [3.8, 4) is 0 Å². The zero-order valence-corrected chi connectivity index (χ0v) is 25.9. The minimum atomic E-state index is 0.324. The monoisotopic (exact) mass is 579 g/mol. The topological polar surface area (TPSA) is 49.7 Å². The van der Waals surface area contributed by atoms with Gasteiger partial charge in [-0.3, -0.25) is 9.79 Å². The van der Waals surface area contributed by atoms with Crippen molar-refractivity contribution in [3.05, 3.63) is 99.0 Å². The third-order valence-electron chi connectivity index (χ3n) is 6.53. The van der Waals surface area contributed by atoms with Crippen molar-refractivity contribution in [1.29, 1.82) is 0 Å². The number of aliphatic hydroxyl groups excluding tert-OH is 1. The first-order valence-electron chi connectivity index (χ1n) is 13.8. The molecule has 0 spiro atoms. The summed E-state index contributed by atoms with van der Waals surface area (Å²) >= 11 is 3.51. The van der Waals surface area contributed by atoms with Crippen molar-refractivity contribution in [2.45, 2.75) is 85.5 Å². The number of nitrogens with zero attached hydrogens (tertiary/aromatic N) is 1. The SMILES string of the molecule is CC.CCCC(C)c1ccccc1N=C(C)CC(C)c1ccc(C=O)cc1CCc1ccc(Br)cc1.CO. The second-order valence-electron chi connectivity index (χ2n) is 9.40. The van der Waals surface area contributed by atoms with Gasteiger partial charge in [0, 0.05) is 22.9 Å². The van der Waals surface area contributed by atoms with Crippen molar-refractivity contribution in [2.24, 2.45) is 4.99 Å². The first-order chi connectivity index (χ1) is 18.4. The quantitative estimate of drug-likeness (QED) is 0.181. The molecule has 38 heavy (non-hydrogen) atoms. The van der Waals surface area contributed by atoms with Crippen LogP contribution in [0, 0.1) is 0 Å². The maximum absolute atomic E-state index is 11.4. The molecule has 2 unspecified atom stereocenters. The van der Waals surface area contributed by atoms with Crippen LogP contribution in [-0.4, -0.2) is 24.2 Å². The van der Waals surface area contributed by atoms with Gasteiger partial charge in [-0.25, -0.2) is 0 Å². The number of carbonyl (C=O) groups is 1. The van der Waals surface area contributed by atoms with E-state index in [1.807, 2.05) is 19.9 Å². The minimum absolute atomic E-state index is 0.324. The van der Waals surface area contributed by atoms with E-state index in [2.05, 4.69) is 104 Å². The number of hydrogen-bond acceptors (Lipinski definition) is 3. The molecule has 0 radical (unpaired) electrons. The van der Waals surface area contributed by atoms with Crippen LogP contribution in [0.5, 0.6) is 0 Å². The first kappa shape index (κ1) is 33.5. The van der Waals surface area contributed by atoms with E-state index in [1.165, 1.54) is 35.1 Å². The number of carbonyl (C=O) groups excluding carboxylic acids is 1. The van der Waals surface area contributed by atoms with E-state index in [4.69, 9.17) is 10.1 Å². The average molecular weight is 581 g/mol. The summed E-state index contributed by atoms with van der Waals surface area (Å²) in [5.41, 5.74) is 8.18. The molecule has 3 aromatic rings. The van der Waals surface area contributed by atoms with Crippen molar-refractivity contribution in [1.82, 2.24) is 0 Å². The van der Waals surface area contributed by atoms with E-state index >= 15 is 0 Å². The van der Waals surface area contributed by atoms with Gasteiger partial charge in [0.25, 0.3) is 0 Å². The molecular weight excluding hydrogens is 534 g/mol. The Kier molecular flexibility index (Phi) is 16.4. The third kappa shape index (κ3) is 10.7. The fourth-order valence-corrected chi connectivity index (χ4v) is 4.99. The lowest BCUT2D eigenvalue weighted by Gasteiger charge is -2.18. The van der Waals surface area contributed by atoms with Crippen molar-refractivity contribution in [3.63, 3.8) is 0 Å². The van der Waals surface area contributed by atoms with E-state index in [-0.39, 0.29) is 0 Å². The molecule has 0 bridgehead atoms. The highest BCUT2D eigenvalue weighted by atomic mass is 79.9. The molecule has 3 aromatic carbocycles. The molecule has 4 heteroatoms. The van der Waals surface area contributed by atoms with Gasteiger partial charge in [0.2, 0.25) is 0 Å². The van der Waals surface area contributed by atoms with E-state index in [0.717, 1.165) is 54.1 Å². The Morgan fingerprint density at radius 1 is 0.921 bits per heavy atom. The van der Waals surface area contributed by atoms with Crippen LogP contribution in [0.1, 0.15) is 105 Å². The molecule has 0 fully saturated rings. The molecule has 0 aliphatic heterocycles. The van der Waals surface area contributed by atoms with Crippen LogP contribution in [0.3, 0.4) is 0 Å². The fraction of sp³-hybridized carbons (Fsp3) is 0.412. The molecule has 0 aliphatic rings. The van der Waals surface area contributed by atoms with E-state index in [0.29, 0.717) is 11.8 Å². The third-order valence-corrected chi connectivity index (χ3v) is 7.06. The second-order valence-corrected chi connectivity index (χ2v) is 10.3. The smallest absolute Gasteiger partial charge is 0.150 e. The fourth-order valence-electron chi connectivity index (χ4n) is 4.73. The van der Waals surface area contributed by atoms with Gasteiger partial charge in [-0.05, 0) is 91.0 Å². The molecule has 0 heterocycles. The summed E-state index contributed by atoms with van der Waals surface area (Å²) in [7, 11) is 1.00. The summed E-state index contributed by atoms with van der Waals surface area (Å²) in [6.45, 7) is 12.9. The molecule has 3 nitrogen and oxygen atoms in total. The van der Waals surface area contributed by atoms with Gasteiger partial charge >= 0.3 is 0 Å². The van der Waals surface area contributed by atoms with Crippen LogP contribution in [0.4, 0.5) is 5.69 Å². The van der Waals surface area contributed by atoms with E-state index < -0.39 is 0 Å². The van der Waals surface area contributed by atoms with Crippen LogP contribution >= 0.6 is 15.9 Å². The summed E-state index contributed by atoms with van der Waals surface area (Å²) in [5, 5.41) is 7.00. The summed E-state index contributed by atoms with van der Waals surface area (Å²) in [6, 6.07) is 23.2. The number of aliphatic imine (C=N–C) groups is 1. The summed E-state index contributed by atoms with van der Waals surface area (Å²) in [4.78, 5) is 16.5. The maximum atomic E-state index is 11.4.